The molecule has 0 bridgehead atoms. The van der Waals surface area contributed by atoms with Gasteiger partial charge in [-0.05, 0) is 50.3 Å². The molecule has 1 saturated carbocycles. The highest BCUT2D eigenvalue weighted by Gasteiger charge is 2.32. The highest BCUT2D eigenvalue weighted by molar-refractivity contribution is 6.02. The zero-order valence-electron chi connectivity index (χ0n) is 18.2. The van der Waals surface area contributed by atoms with Gasteiger partial charge in [-0.1, -0.05) is 0 Å². The summed E-state index contributed by atoms with van der Waals surface area (Å²) < 4.78 is 1.86. The van der Waals surface area contributed by atoms with Crippen LogP contribution in [0.4, 0.5) is 5.69 Å². The van der Waals surface area contributed by atoms with Gasteiger partial charge in [-0.15, -0.1) is 0 Å². The molecule has 1 aliphatic carbocycles. The largest absolute Gasteiger partial charge is 0.369 e. The van der Waals surface area contributed by atoms with Crippen molar-refractivity contribution in [3.63, 3.8) is 0 Å². The van der Waals surface area contributed by atoms with E-state index in [0.29, 0.717) is 24.9 Å². The molecule has 3 N–H and O–H groups in total. The van der Waals surface area contributed by atoms with E-state index < -0.39 is 0 Å². The lowest BCUT2D eigenvalue weighted by Gasteiger charge is -2.42. The minimum Gasteiger partial charge on any atom is -0.369 e. The molecule has 1 atom stereocenters. The summed E-state index contributed by atoms with van der Waals surface area (Å²) >= 11 is 0. The highest BCUT2D eigenvalue weighted by Crippen LogP contribution is 2.33. The van der Waals surface area contributed by atoms with Crippen LogP contribution in [0.5, 0.6) is 0 Å². The van der Waals surface area contributed by atoms with Gasteiger partial charge in [-0.25, -0.2) is 0 Å². The molecule has 166 valence electrons. The summed E-state index contributed by atoms with van der Waals surface area (Å²) in [5.74, 6) is -0.793. The number of anilines is 1. The smallest absolute Gasteiger partial charge is 0.235 e. The quantitative estimate of drug-likeness (QED) is 0.725. The lowest BCUT2D eigenvalue weighted by molar-refractivity contribution is -0.134. The lowest BCUT2D eigenvalue weighted by Crippen LogP contribution is -2.51. The van der Waals surface area contributed by atoms with Crippen molar-refractivity contribution in [2.45, 2.75) is 56.5 Å². The Kier molecular flexibility index (Phi) is 5.44. The molecule has 3 fully saturated rings. The summed E-state index contributed by atoms with van der Waals surface area (Å²) in [6.07, 6.45) is 5.64. The first kappa shape index (κ1) is 20.5. The standard InChI is InChI=1S/C23H32N6O2/c1-27-20-14-17(29-12-10-28(11-13-29)16-4-2-15(24)3-5-16)6-7-18(20)22(26-27)19-8-9-21(30)25-23(19)31/h6-7,14-16,19H,2-5,8-13,24H2,1H3,(H,25,30,31). The topological polar surface area (TPSA) is 96.5 Å². The Morgan fingerprint density at radius 2 is 1.77 bits per heavy atom. The summed E-state index contributed by atoms with van der Waals surface area (Å²) in [5, 5.41) is 8.11. The van der Waals surface area contributed by atoms with Gasteiger partial charge >= 0.3 is 0 Å². The van der Waals surface area contributed by atoms with Gasteiger partial charge in [-0.3, -0.25) is 24.5 Å². The SMILES string of the molecule is Cn1nc(C2CCC(=O)NC2=O)c2ccc(N3CCN(C4CCC(N)CC4)CC3)cc21. The van der Waals surface area contributed by atoms with E-state index in [-0.39, 0.29) is 17.7 Å². The number of aromatic nitrogens is 2. The molecule has 0 spiro atoms. The zero-order valence-corrected chi connectivity index (χ0v) is 18.2. The van der Waals surface area contributed by atoms with Gasteiger partial charge in [-0.2, -0.15) is 5.10 Å². The third kappa shape index (κ3) is 3.94. The molecule has 2 aliphatic heterocycles. The van der Waals surface area contributed by atoms with Crippen LogP contribution in [0.15, 0.2) is 18.2 Å². The maximum atomic E-state index is 12.4. The van der Waals surface area contributed by atoms with Crippen LogP contribution < -0.4 is 16.0 Å². The van der Waals surface area contributed by atoms with Gasteiger partial charge in [0, 0.05) is 62.8 Å². The van der Waals surface area contributed by atoms with Crippen molar-refractivity contribution in [3.05, 3.63) is 23.9 Å². The van der Waals surface area contributed by atoms with Gasteiger partial charge in [0.15, 0.2) is 0 Å². The predicted molar refractivity (Wildman–Crippen MR) is 120 cm³/mol. The predicted octanol–water partition coefficient (Wildman–Crippen LogP) is 1.49. The molecular weight excluding hydrogens is 392 g/mol. The van der Waals surface area contributed by atoms with E-state index in [1.54, 1.807) is 0 Å². The number of rotatable bonds is 3. The first-order valence-electron chi connectivity index (χ1n) is 11.5. The minimum atomic E-state index is -0.362. The zero-order chi connectivity index (χ0) is 21.5. The fourth-order valence-corrected chi connectivity index (χ4v) is 5.49. The number of nitrogens with one attached hydrogen (secondary N) is 1. The molecule has 5 rings (SSSR count). The summed E-state index contributed by atoms with van der Waals surface area (Å²) in [6.45, 7) is 4.22. The number of fused-ring (bicyclic) bond motifs is 1. The Labute approximate surface area is 182 Å². The molecule has 1 aromatic heterocycles. The molecule has 2 amide bonds. The Balaban J connectivity index is 1.30. The number of aryl methyl sites for hydroxylation is 1. The van der Waals surface area contributed by atoms with E-state index >= 15 is 0 Å². The molecule has 3 heterocycles. The van der Waals surface area contributed by atoms with Crippen molar-refractivity contribution >= 4 is 28.4 Å². The lowest BCUT2D eigenvalue weighted by atomic mass is 9.90. The minimum absolute atomic E-state index is 0.195. The number of carbonyl (C=O) groups is 2. The van der Waals surface area contributed by atoms with E-state index in [0.717, 1.165) is 55.6 Å². The second-order valence-electron chi connectivity index (χ2n) is 9.31. The fourth-order valence-electron chi connectivity index (χ4n) is 5.49. The number of piperidine rings is 1. The molecule has 1 unspecified atom stereocenters. The van der Waals surface area contributed by atoms with Crippen molar-refractivity contribution < 1.29 is 9.59 Å². The molecule has 3 aliphatic rings. The van der Waals surface area contributed by atoms with Gasteiger partial charge in [0.2, 0.25) is 11.8 Å². The maximum absolute atomic E-state index is 12.4. The van der Waals surface area contributed by atoms with Crippen molar-refractivity contribution in [1.29, 1.82) is 0 Å². The molecule has 8 nitrogen and oxygen atoms in total. The van der Waals surface area contributed by atoms with Crippen LogP contribution in [0.2, 0.25) is 0 Å². The maximum Gasteiger partial charge on any atom is 0.235 e. The molecular formula is C23H32N6O2. The molecule has 8 heteroatoms. The number of imide groups is 1. The normalized spacial score (nSPS) is 28.2. The molecule has 1 aromatic carbocycles. The third-order valence-electron chi connectivity index (χ3n) is 7.37. The van der Waals surface area contributed by atoms with Crippen LogP contribution in [0, 0.1) is 0 Å². The van der Waals surface area contributed by atoms with Gasteiger partial charge in [0.05, 0.1) is 17.1 Å². The van der Waals surface area contributed by atoms with Crippen LogP contribution >= 0.6 is 0 Å². The van der Waals surface area contributed by atoms with Gasteiger partial charge in [0.25, 0.3) is 0 Å². The average molecular weight is 425 g/mol. The first-order chi connectivity index (χ1) is 15.0. The molecule has 2 saturated heterocycles. The number of amides is 2. The number of carbonyl (C=O) groups excluding carboxylic acids is 2. The van der Waals surface area contributed by atoms with Crippen molar-refractivity contribution in [3.8, 4) is 0 Å². The highest BCUT2D eigenvalue weighted by atomic mass is 16.2. The summed E-state index contributed by atoms with van der Waals surface area (Å²) in [4.78, 5) is 28.9. The van der Waals surface area contributed by atoms with E-state index in [2.05, 4.69) is 38.4 Å². The Hall–Kier alpha value is -2.45. The van der Waals surface area contributed by atoms with E-state index in [4.69, 9.17) is 5.73 Å². The number of hydrogen-bond donors (Lipinski definition) is 2. The Morgan fingerprint density at radius 1 is 1.03 bits per heavy atom. The van der Waals surface area contributed by atoms with Crippen LogP contribution in [0.3, 0.4) is 0 Å². The molecule has 0 radical (unpaired) electrons. The number of nitrogens with zero attached hydrogens (tertiary/aromatic N) is 4. The fraction of sp³-hybridized carbons (Fsp3) is 0.609. The van der Waals surface area contributed by atoms with Crippen molar-refractivity contribution in [2.24, 2.45) is 12.8 Å². The average Bonchev–Trinajstić information content (AvgIpc) is 3.10. The van der Waals surface area contributed by atoms with E-state index in [1.807, 2.05) is 11.7 Å². The molecule has 2 aromatic rings. The van der Waals surface area contributed by atoms with Crippen LogP contribution in [0.1, 0.15) is 50.1 Å². The number of hydrogen-bond acceptors (Lipinski definition) is 6. The number of benzene rings is 1. The summed E-state index contributed by atoms with van der Waals surface area (Å²) in [7, 11) is 1.92. The van der Waals surface area contributed by atoms with E-state index in [1.165, 1.54) is 18.5 Å². The van der Waals surface area contributed by atoms with E-state index in [9.17, 15) is 9.59 Å². The summed E-state index contributed by atoms with van der Waals surface area (Å²) in [5.41, 5.74) is 9.08. The first-order valence-corrected chi connectivity index (χ1v) is 11.5. The second-order valence-corrected chi connectivity index (χ2v) is 9.31. The van der Waals surface area contributed by atoms with Crippen molar-refractivity contribution in [1.82, 2.24) is 20.0 Å². The van der Waals surface area contributed by atoms with Crippen LogP contribution in [-0.2, 0) is 16.6 Å². The third-order valence-corrected chi connectivity index (χ3v) is 7.37. The Bertz CT molecular complexity index is 985. The monoisotopic (exact) mass is 424 g/mol. The molecule has 31 heavy (non-hydrogen) atoms. The summed E-state index contributed by atoms with van der Waals surface area (Å²) in [6, 6.07) is 7.51. The second kappa shape index (κ2) is 8.24. The van der Waals surface area contributed by atoms with Gasteiger partial charge in [0.1, 0.15) is 0 Å². The van der Waals surface area contributed by atoms with Crippen molar-refractivity contribution in [2.75, 3.05) is 31.1 Å². The number of nitrogens with two attached hydrogens (primary N) is 1. The van der Waals surface area contributed by atoms with Gasteiger partial charge < -0.3 is 10.6 Å². The number of piperazine rings is 1. The van der Waals surface area contributed by atoms with Crippen LogP contribution in [0.25, 0.3) is 10.9 Å². The van der Waals surface area contributed by atoms with Crippen LogP contribution in [-0.4, -0.2) is 64.8 Å². The Morgan fingerprint density at radius 3 is 2.48 bits per heavy atom.